The van der Waals surface area contributed by atoms with Crippen LogP contribution >= 0.6 is 11.6 Å². The van der Waals surface area contributed by atoms with Gasteiger partial charge in [-0.3, -0.25) is 4.79 Å². The molecule has 0 aliphatic carbocycles. The molecule has 13 heavy (non-hydrogen) atoms. The molecule has 1 atom stereocenters. The second-order valence-electron chi connectivity index (χ2n) is 2.92. The van der Waals surface area contributed by atoms with E-state index in [1.54, 1.807) is 0 Å². The average Bonchev–Trinajstić information content (AvgIpc) is 2.13. The Morgan fingerprint density at radius 2 is 2.38 bits per heavy atom. The van der Waals surface area contributed by atoms with E-state index in [-0.39, 0.29) is 22.3 Å². The molecule has 0 aliphatic heterocycles. The van der Waals surface area contributed by atoms with Crippen molar-refractivity contribution in [1.82, 2.24) is 9.78 Å². The maximum absolute atomic E-state index is 11.5. The van der Waals surface area contributed by atoms with E-state index in [9.17, 15) is 4.79 Å². The number of nitrogens with two attached hydrogens (primary N) is 1. The van der Waals surface area contributed by atoms with Gasteiger partial charge in [-0.05, 0) is 13.3 Å². The van der Waals surface area contributed by atoms with Crippen LogP contribution in [0.4, 0.5) is 5.69 Å². The van der Waals surface area contributed by atoms with Crippen molar-refractivity contribution in [3.05, 3.63) is 21.6 Å². The smallest absolute Gasteiger partial charge is 0.287 e. The van der Waals surface area contributed by atoms with Gasteiger partial charge in [0.05, 0.1) is 17.9 Å². The molecule has 0 saturated heterocycles. The highest BCUT2D eigenvalue weighted by Crippen LogP contribution is 2.12. The van der Waals surface area contributed by atoms with Crippen molar-refractivity contribution < 1.29 is 0 Å². The first kappa shape index (κ1) is 10.1. The van der Waals surface area contributed by atoms with Crippen LogP contribution < -0.4 is 11.3 Å². The Hall–Kier alpha value is -1.03. The minimum atomic E-state index is -0.323. The van der Waals surface area contributed by atoms with Gasteiger partial charge < -0.3 is 5.73 Å². The molecule has 2 N–H and O–H groups in total. The van der Waals surface area contributed by atoms with Crippen molar-refractivity contribution >= 4 is 17.3 Å². The van der Waals surface area contributed by atoms with Gasteiger partial charge in [-0.15, -0.1) is 0 Å². The zero-order valence-corrected chi connectivity index (χ0v) is 8.38. The highest BCUT2D eigenvalue weighted by atomic mass is 35.5. The zero-order chi connectivity index (χ0) is 10.0. The van der Waals surface area contributed by atoms with E-state index in [1.807, 2.05) is 13.8 Å². The lowest BCUT2D eigenvalue weighted by Crippen LogP contribution is -2.26. The molecule has 0 unspecified atom stereocenters. The van der Waals surface area contributed by atoms with E-state index in [1.165, 1.54) is 10.9 Å². The largest absolute Gasteiger partial charge is 0.396 e. The molecule has 1 aromatic rings. The molecule has 0 bridgehead atoms. The van der Waals surface area contributed by atoms with Gasteiger partial charge in [0, 0.05) is 0 Å². The average molecular weight is 202 g/mol. The van der Waals surface area contributed by atoms with Crippen LogP contribution in [0.5, 0.6) is 0 Å². The minimum Gasteiger partial charge on any atom is -0.396 e. The Labute approximate surface area is 81.3 Å². The molecule has 0 fully saturated rings. The molecule has 1 rings (SSSR count). The van der Waals surface area contributed by atoms with Gasteiger partial charge in [0.15, 0.2) is 0 Å². The summed E-state index contributed by atoms with van der Waals surface area (Å²) in [7, 11) is 0. The van der Waals surface area contributed by atoms with Crippen LogP contribution in [0.3, 0.4) is 0 Å². The van der Waals surface area contributed by atoms with Gasteiger partial charge in [-0.1, -0.05) is 18.5 Å². The lowest BCUT2D eigenvalue weighted by molar-refractivity contribution is 0.455. The number of anilines is 1. The predicted molar refractivity (Wildman–Crippen MR) is 52.9 cm³/mol. The van der Waals surface area contributed by atoms with Crippen molar-refractivity contribution in [3.63, 3.8) is 0 Å². The van der Waals surface area contributed by atoms with Gasteiger partial charge in [0.25, 0.3) is 5.56 Å². The van der Waals surface area contributed by atoms with Crippen molar-refractivity contribution in [3.8, 4) is 0 Å². The van der Waals surface area contributed by atoms with Gasteiger partial charge in [0.1, 0.15) is 5.02 Å². The highest BCUT2D eigenvalue weighted by molar-refractivity contribution is 6.32. The summed E-state index contributed by atoms with van der Waals surface area (Å²) in [5.74, 6) is 0. The first-order valence-corrected chi connectivity index (χ1v) is 4.48. The van der Waals surface area contributed by atoms with Crippen molar-refractivity contribution in [2.45, 2.75) is 26.3 Å². The number of rotatable bonds is 2. The molecule has 0 aliphatic rings. The Bertz CT molecular complexity index is 361. The van der Waals surface area contributed by atoms with Crippen LogP contribution in [0.15, 0.2) is 11.0 Å². The molecule has 0 saturated carbocycles. The van der Waals surface area contributed by atoms with Crippen LogP contribution in [-0.4, -0.2) is 9.78 Å². The van der Waals surface area contributed by atoms with Crippen LogP contribution in [0.1, 0.15) is 26.3 Å². The first-order valence-electron chi connectivity index (χ1n) is 4.10. The Morgan fingerprint density at radius 3 is 2.92 bits per heavy atom. The number of hydrogen-bond donors (Lipinski definition) is 1. The molecule has 0 spiro atoms. The fourth-order valence-electron chi connectivity index (χ4n) is 0.944. The predicted octanol–water partition coefficient (Wildman–Crippen LogP) is 1.45. The second-order valence-corrected chi connectivity index (χ2v) is 3.30. The third kappa shape index (κ3) is 1.83. The monoisotopic (exact) mass is 201 g/mol. The number of aromatic nitrogens is 2. The van der Waals surface area contributed by atoms with E-state index in [0.29, 0.717) is 0 Å². The van der Waals surface area contributed by atoms with Crippen molar-refractivity contribution in [2.24, 2.45) is 0 Å². The third-order valence-corrected chi connectivity index (χ3v) is 2.36. The molecule has 0 aromatic carbocycles. The van der Waals surface area contributed by atoms with E-state index < -0.39 is 0 Å². The van der Waals surface area contributed by atoms with Crippen LogP contribution in [0.2, 0.25) is 5.02 Å². The third-order valence-electron chi connectivity index (χ3n) is 1.98. The summed E-state index contributed by atoms with van der Waals surface area (Å²) in [5, 5.41) is 3.96. The van der Waals surface area contributed by atoms with Gasteiger partial charge >= 0.3 is 0 Å². The summed E-state index contributed by atoms with van der Waals surface area (Å²) in [6.45, 7) is 3.88. The molecular weight excluding hydrogens is 190 g/mol. The Kier molecular flexibility index (Phi) is 2.93. The maximum Gasteiger partial charge on any atom is 0.287 e. The fraction of sp³-hybridized carbons (Fsp3) is 0.500. The van der Waals surface area contributed by atoms with Crippen LogP contribution in [-0.2, 0) is 0 Å². The van der Waals surface area contributed by atoms with E-state index in [4.69, 9.17) is 17.3 Å². The van der Waals surface area contributed by atoms with Gasteiger partial charge in [0.2, 0.25) is 0 Å². The lowest BCUT2D eigenvalue weighted by atomic mass is 10.3. The fourth-order valence-corrected chi connectivity index (χ4v) is 1.08. The molecule has 72 valence electrons. The molecule has 5 heteroatoms. The number of halogens is 1. The molecule has 4 nitrogen and oxygen atoms in total. The van der Waals surface area contributed by atoms with Crippen molar-refractivity contribution in [2.75, 3.05) is 5.73 Å². The summed E-state index contributed by atoms with van der Waals surface area (Å²) in [6.07, 6.45) is 2.23. The molecule has 1 aromatic heterocycles. The summed E-state index contributed by atoms with van der Waals surface area (Å²) in [5.41, 5.74) is 5.33. The molecular formula is C8H12ClN3O. The summed E-state index contributed by atoms with van der Waals surface area (Å²) >= 11 is 5.69. The van der Waals surface area contributed by atoms with E-state index >= 15 is 0 Å². The standard InChI is InChI=1S/C8H12ClN3O/c1-3-5(2)12-8(13)7(9)6(10)4-11-12/h4-5H,3,10H2,1-2H3/t5-/m1/s1. The lowest BCUT2D eigenvalue weighted by Gasteiger charge is -2.11. The van der Waals surface area contributed by atoms with Crippen molar-refractivity contribution in [1.29, 1.82) is 0 Å². The van der Waals surface area contributed by atoms with E-state index in [2.05, 4.69) is 5.10 Å². The number of nitrogens with zero attached hydrogens (tertiary/aromatic N) is 2. The van der Waals surface area contributed by atoms with Gasteiger partial charge in [-0.2, -0.15) is 5.10 Å². The molecule has 0 amide bonds. The molecule has 0 radical (unpaired) electrons. The second kappa shape index (κ2) is 3.79. The summed E-state index contributed by atoms with van der Waals surface area (Å²) in [4.78, 5) is 11.5. The van der Waals surface area contributed by atoms with Crippen LogP contribution in [0.25, 0.3) is 0 Å². The van der Waals surface area contributed by atoms with Gasteiger partial charge in [-0.25, -0.2) is 4.68 Å². The molecule has 1 heterocycles. The number of hydrogen-bond acceptors (Lipinski definition) is 3. The quantitative estimate of drug-likeness (QED) is 0.788. The normalized spacial score (nSPS) is 12.8. The zero-order valence-electron chi connectivity index (χ0n) is 7.62. The SMILES string of the molecule is CC[C@@H](C)n1ncc(N)c(Cl)c1=O. The Balaban J connectivity index is 3.26. The summed E-state index contributed by atoms with van der Waals surface area (Å²) < 4.78 is 1.35. The topological polar surface area (TPSA) is 60.9 Å². The highest BCUT2D eigenvalue weighted by Gasteiger charge is 2.10. The Morgan fingerprint density at radius 1 is 1.77 bits per heavy atom. The number of nitrogen functional groups attached to an aromatic ring is 1. The first-order chi connectivity index (χ1) is 6.07. The minimum absolute atomic E-state index is 0.0469. The maximum atomic E-state index is 11.5. The van der Waals surface area contributed by atoms with Crippen LogP contribution in [0, 0.1) is 0 Å². The van der Waals surface area contributed by atoms with E-state index in [0.717, 1.165) is 6.42 Å². The summed E-state index contributed by atoms with van der Waals surface area (Å²) in [6, 6.07) is 0.0469.